The monoisotopic (exact) mass is 270 g/mol. The van der Waals surface area contributed by atoms with Gasteiger partial charge in [-0.25, -0.2) is 0 Å². The van der Waals surface area contributed by atoms with Crippen molar-refractivity contribution in [3.05, 3.63) is 48.4 Å². The average molecular weight is 270 g/mol. The third-order valence-electron chi connectivity index (χ3n) is 2.50. The number of nitrogens with zero attached hydrogens (tertiary/aromatic N) is 4. The Labute approximate surface area is 113 Å². The molecule has 0 aliphatic heterocycles. The standard InChI is InChI=1S/C12H10N6S/c13-11(14)9-5-4-8(7-15-9)19-12-17-16-10-3-1-2-6-18(10)12/h1-7H,(H3,13,14). The summed E-state index contributed by atoms with van der Waals surface area (Å²) in [5.41, 5.74) is 6.63. The molecule has 0 fully saturated rings. The Kier molecular flexibility index (Phi) is 2.88. The minimum absolute atomic E-state index is 0.0375. The molecule has 0 amide bonds. The summed E-state index contributed by atoms with van der Waals surface area (Å²) in [6, 6.07) is 9.32. The smallest absolute Gasteiger partial charge is 0.200 e. The molecular formula is C12H10N6S. The van der Waals surface area contributed by atoms with Gasteiger partial charge in [0.1, 0.15) is 11.5 Å². The van der Waals surface area contributed by atoms with Crippen molar-refractivity contribution in [1.29, 1.82) is 5.41 Å². The van der Waals surface area contributed by atoms with Gasteiger partial charge >= 0.3 is 0 Å². The third-order valence-corrected chi connectivity index (χ3v) is 3.44. The van der Waals surface area contributed by atoms with Crippen molar-refractivity contribution < 1.29 is 0 Å². The van der Waals surface area contributed by atoms with Crippen molar-refractivity contribution in [1.82, 2.24) is 19.6 Å². The van der Waals surface area contributed by atoms with Gasteiger partial charge in [0.2, 0.25) is 0 Å². The first kappa shape index (κ1) is 11.7. The molecule has 0 saturated carbocycles. The van der Waals surface area contributed by atoms with Gasteiger partial charge in [0.05, 0.1) is 0 Å². The summed E-state index contributed by atoms with van der Waals surface area (Å²) in [7, 11) is 0. The number of nitrogen functional groups attached to an aromatic ring is 1. The lowest BCUT2D eigenvalue weighted by molar-refractivity contribution is 0.920. The molecule has 3 rings (SSSR count). The summed E-state index contributed by atoms with van der Waals surface area (Å²) >= 11 is 1.46. The van der Waals surface area contributed by atoms with Gasteiger partial charge in [-0.2, -0.15) is 0 Å². The van der Waals surface area contributed by atoms with E-state index in [0.717, 1.165) is 15.7 Å². The largest absolute Gasteiger partial charge is 0.382 e. The molecule has 19 heavy (non-hydrogen) atoms. The van der Waals surface area contributed by atoms with Gasteiger partial charge in [-0.3, -0.25) is 14.8 Å². The molecule has 0 aromatic carbocycles. The molecule has 0 radical (unpaired) electrons. The average Bonchev–Trinajstić information content (AvgIpc) is 2.83. The van der Waals surface area contributed by atoms with Crippen LogP contribution in [0.4, 0.5) is 0 Å². The van der Waals surface area contributed by atoms with E-state index in [-0.39, 0.29) is 5.84 Å². The minimum Gasteiger partial charge on any atom is -0.382 e. The maximum Gasteiger partial charge on any atom is 0.200 e. The molecule has 3 heterocycles. The number of aromatic nitrogens is 4. The van der Waals surface area contributed by atoms with Crippen LogP contribution in [0.3, 0.4) is 0 Å². The van der Waals surface area contributed by atoms with Gasteiger partial charge in [0, 0.05) is 17.3 Å². The Morgan fingerprint density at radius 1 is 1.21 bits per heavy atom. The van der Waals surface area contributed by atoms with E-state index >= 15 is 0 Å². The van der Waals surface area contributed by atoms with E-state index in [0.29, 0.717) is 5.69 Å². The van der Waals surface area contributed by atoms with Crippen LogP contribution in [-0.2, 0) is 0 Å². The Bertz CT molecular complexity index is 733. The molecule has 3 aromatic heterocycles. The summed E-state index contributed by atoms with van der Waals surface area (Å²) in [6.45, 7) is 0. The zero-order chi connectivity index (χ0) is 13.2. The highest BCUT2D eigenvalue weighted by Crippen LogP contribution is 2.25. The Morgan fingerprint density at radius 2 is 2.11 bits per heavy atom. The SMILES string of the molecule is N=C(N)c1ccc(Sc2nnc3ccccn23)cn1. The first-order valence-electron chi connectivity index (χ1n) is 5.52. The lowest BCUT2D eigenvalue weighted by Crippen LogP contribution is -2.12. The zero-order valence-corrected chi connectivity index (χ0v) is 10.6. The maximum atomic E-state index is 7.29. The summed E-state index contributed by atoms with van der Waals surface area (Å²) in [6.07, 6.45) is 3.58. The highest BCUT2D eigenvalue weighted by molar-refractivity contribution is 7.99. The fraction of sp³-hybridized carbons (Fsp3) is 0. The molecular weight excluding hydrogens is 260 g/mol. The Balaban J connectivity index is 1.90. The van der Waals surface area contributed by atoms with E-state index in [9.17, 15) is 0 Å². The summed E-state index contributed by atoms with van der Waals surface area (Å²) < 4.78 is 1.91. The number of pyridine rings is 2. The van der Waals surface area contributed by atoms with E-state index < -0.39 is 0 Å². The fourth-order valence-corrected chi connectivity index (χ4v) is 2.38. The summed E-state index contributed by atoms with van der Waals surface area (Å²) in [4.78, 5) is 5.03. The Hall–Kier alpha value is -2.41. The van der Waals surface area contributed by atoms with Gasteiger partial charge < -0.3 is 5.73 Å². The van der Waals surface area contributed by atoms with E-state index in [4.69, 9.17) is 11.1 Å². The van der Waals surface area contributed by atoms with Crippen LogP contribution >= 0.6 is 11.8 Å². The fourth-order valence-electron chi connectivity index (χ4n) is 1.59. The number of rotatable bonds is 3. The van der Waals surface area contributed by atoms with Crippen LogP contribution in [0.1, 0.15) is 5.69 Å². The second-order valence-corrected chi connectivity index (χ2v) is 4.85. The van der Waals surface area contributed by atoms with Crippen LogP contribution < -0.4 is 5.73 Å². The van der Waals surface area contributed by atoms with Crippen molar-refractivity contribution in [2.75, 3.05) is 0 Å². The minimum atomic E-state index is -0.0375. The molecule has 0 saturated heterocycles. The zero-order valence-electron chi connectivity index (χ0n) is 9.82. The third kappa shape index (κ3) is 2.27. The summed E-state index contributed by atoms with van der Waals surface area (Å²) in [5, 5.41) is 16.3. The lowest BCUT2D eigenvalue weighted by Gasteiger charge is -2.01. The van der Waals surface area contributed by atoms with Gasteiger partial charge in [-0.15, -0.1) is 10.2 Å². The van der Waals surface area contributed by atoms with Crippen LogP contribution in [0.2, 0.25) is 0 Å². The molecule has 3 N–H and O–H groups in total. The van der Waals surface area contributed by atoms with Crippen LogP contribution in [0.5, 0.6) is 0 Å². The van der Waals surface area contributed by atoms with Gasteiger partial charge in [0.15, 0.2) is 10.8 Å². The number of amidine groups is 1. The first-order chi connectivity index (χ1) is 9.24. The molecule has 0 atom stereocenters. The normalized spacial score (nSPS) is 10.7. The van der Waals surface area contributed by atoms with Crippen molar-refractivity contribution >= 4 is 23.2 Å². The van der Waals surface area contributed by atoms with Crippen LogP contribution in [0.15, 0.2) is 52.8 Å². The Morgan fingerprint density at radius 3 is 2.84 bits per heavy atom. The van der Waals surface area contributed by atoms with Gasteiger partial charge in [-0.05, 0) is 36.0 Å². The molecule has 3 aromatic rings. The molecule has 0 aliphatic rings. The topological polar surface area (TPSA) is 93.0 Å². The van der Waals surface area contributed by atoms with Crippen LogP contribution in [0, 0.1) is 5.41 Å². The predicted molar refractivity (Wildman–Crippen MR) is 72.4 cm³/mol. The maximum absolute atomic E-state index is 7.29. The van der Waals surface area contributed by atoms with Gasteiger partial charge in [-0.1, -0.05) is 6.07 Å². The number of nitrogens with two attached hydrogens (primary N) is 1. The van der Waals surface area contributed by atoms with Gasteiger partial charge in [0.25, 0.3) is 0 Å². The van der Waals surface area contributed by atoms with Crippen molar-refractivity contribution in [2.45, 2.75) is 10.1 Å². The van der Waals surface area contributed by atoms with E-state index in [2.05, 4.69) is 15.2 Å². The van der Waals surface area contributed by atoms with Crippen molar-refractivity contribution in [3.63, 3.8) is 0 Å². The van der Waals surface area contributed by atoms with Crippen LogP contribution in [0.25, 0.3) is 5.65 Å². The van der Waals surface area contributed by atoms with E-state index in [1.54, 1.807) is 12.3 Å². The van der Waals surface area contributed by atoms with Crippen LogP contribution in [-0.4, -0.2) is 25.4 Å². The number of hydrogen-bond acceptors (Lipinski definition) is 5. The molecule has 94 valence electrons. The molecule has 0 bridgehead atoms. The molecule has 0 spiro atoms. The van der Waals surface area contributed by atoms with E-state index in [1.165, 1.54) is 11.8 Å². The predicted octanol–water partition coefficient (Wildman–Crippen LogP) is 1.56. The van der Waals surface area contributed by atoms with Crippen molar-refractivity contribution in [2.24, 2.45) is 5.73 Å². The molecule has 6 nitrogen and oxygen atoms in total. The quantitative estimate of drug-likeness (QED) is 0.556. The number of nitrogens with one attached hydrogen (secondary N) is 1. The second-order valence-electron chi connectivity index (χ2n) is 3.81. The number of hydrogen-bond donors (Lipinski definition) is 2. The molecule has 7 heteroatoms. The number of fused-ring (bicyclic) bond motifs is 1. The molecule has 0 unspecified atom stereocenters. The van der Waals surface area contributed by atoms with E-state index in [1.807, 2.05) is 34.9 Å². The van der Waals surface area contributed by atoms with Crippen molar-refractivity contribution in [3.8, 4) is 0 Å². The second kappa shape index (κ2) is 4.69. The molecule has 0 aliphatic carbocycles. The highest BCUT2D eigenvalue weighted by atomic mass is 32.2. The first-order valence-corrected chi connectivity index (χ1v) is 6.34. The highest BCUT2D eigenvalue weighted by Gasteiger charge is 2.07. The lowest BCUT2D eigenvalue weighted by atomic mass is 10.3. The summed E-state index contributed by atoms with van der Waals surface area (Å²) in [5.74, 6) is -0.0375.